The van der Waals surface area contributed by atoms with E-state index in [4.69, 9.17) is 13.8 Å². The van der Waals surface area contributed by atoms with Gasteiger partial charge in [0.05, 0.1) is 33.8 Å². The van der Waals surface area contributed by atoms with Crippen LogP contribution in [-0.2, 0) is 27.9 Å². The van der Waals surface area contributed by atoms with Gasteiger partial charge in [0, 0.05) is 12.8 Å². The molecule has 0 aliphatic carbocycles. The highest BCUT2D eigenvalue weighted by molar-refractivity contribution is 7.47. The average Bonchev–Trinajstić information content (AvgIpc) is 3.43. The quantitative estimate of drug-likeness (QED) is 0.0205. The number of phosphoric acid groups is 1. The number of quaternary nitrogens is 1. The predicted octanol–water partition coefficient (Wildman–Crippen LogP) is 21.0. The van der Waals surface area contributed by atoms with Crippen molar-refractivity contribution in [2.24, 2.45) is 0 Å². The minimum Gasteiger partial charge on any atom is -0.456 e. The van der Waals surface area contributed by atoms with Gasteiger partial charge in [0.15, 0.2) is 0 Å². The third kappa shape index (κ3) is 59.8. The Labute approximate surface area is 495 Å². The first-order chi connectivity index (χ1) is 38.9. The van der Waals surface area contributed by atoms with E-state index in [0.717, 1.165) is 109 Å². The van der Waals surface area contributed by atoms with E-state index < -0.39 is 20.0 Å². The van der Waals surface area contributed by atoms with E-state index in [1.807, 2.05) is 33.3 Å². The smallest absolute Gasteiger partial charge is 0.456 e. The van der Waals surface area contributed by atoms with Crippen LogP contribution in [0.25, 0.3) is 0 Å². The summed E-state index contributed by atoms with van der Waals surface area (Å²) in [6, 6.07) is -0.856. The summed E-state index contributed by atoms with van der Waals surface area (Å²) in [7, 11) is 1.49. The van der Waals surface area contributed by atoms with Gasteiger partial charge in [0.2, 0.25) is 5.91 Å². The molecular weight excluding hydrogens is 1010 g/mol. The van der Waals surface area contributed by atoms with Gasteiger partial charge in [0.25, 0.3) is 0 Å². The van der Waals surface area contributed by atoms with Crippen LogP contribution < -0.4 is 5.32 Å². The Morgan fingerprint density at radius 2 is 0.800 bits per heavy atom. The topological polar surface area (TPSA) is 111 Å². The van der Waals surface area contributed by atoms with Crippen molar-refractivity contribution in [3.8, 4) is 0 Å². The number of unbranched alkanes of at least 4 members (excludes halogenated alkanes) is 32. The molecule has 80 heavy (non-hydrogen) atoms. The number of nitrogens with one attached hydrogen (secondary N) is 1. The fourth-order valence-corrected chi connectivity index (χ4v) is 10.2. The first-order valence-corrected chi connectivity index (χ1v) is 34.9. The number of carbonyl (C=O) groups is 2. The van der Waals surface area contributed by atoms with Crippen molar-refractivity contribution >= 4 is 19.7 Å². The molecule has 0 fully saturated rings. The van der Waals surface area contributed by atoms with Gasteiger partial charge in [-0.25, -0.2) is 4.57 Å². The van der Waals surface area contributed by atoms with Crippen LogP contribution in [0.3, 0.4) is 0 Å². The minimum absolute atomic E-state index is 0.0361. The second-order valence-corrected chi connectivity index (χ2v) is 25.1. The van der Waals surface area contributed by atoms with Gasteiger partial charge in [-0.05, 0) is 102 Å². The average molecular weight is 1140 g/mol. The molecule has 0 saturated carbocycles. The Hall–Kier alpha value is -2.81. The summed E-state index contributed by atoms with van der Waals surface area (Å²) >= 11 is 0. The number of rotatable bonds is 60. The van der Waals surface area contributed by atoms with Crippen LogP contribution in [0.5, 0.6) is 0 Å². The molecule has 464 valence electrons. The number of ether oxygens (including phenoxy) is 1. The Balaban J connectivity index is 5.06. The van der Waals surface area contributed by atoms with E-state index >= 15 is 0 Å². The Kier molecular flexibility index (Phi) is 57.3. The maximum absolute atomic E-state index is 13.5. The normalized spacial score (nSPS) is 14.1. The first-order valence-electron chi connectivity index (χ1n) is 33.4. The summed E-state index contributed by atoms with van der Waals surface area (Å²) in [4.78, 5) is 37.8. The fourth-order valence-electron chi connectivity index (χ4n) is 9.43. The van der Waals surface area contributed by atoms with Crippen LogP contribution in [0.1, 0.15) is 297 Å². The zero-order valence-electron chi connectivity index (χ0n) is 53.1. The van der Waals surface area contributed by atoms with Crippen molar-refractivity contribution in [3.05, 3.63) is 85.1 Å². The second-order valence-electron chi connectivity index (χ2n) is 23.6. The molecule has 3 atom stereocenters. The lowest BCUT2D eigenvalue weighted by Crippen LogP contribution is -2.47. The lowest BCUT2D eigenvalue weighted by molar-refractivity contribution is -0.870. The van der Waals surface area contributed by atoms with Crippen molar-refractivity contribution in [1.82, 2.24) is 5.32 Å². The third-order valence-corrected chi connectivity index (χ3v) is 15.6. The Morgan fingerprint density at radius 3 is 1.21 bits per heavy atom. The van der Waals surface area contributed by atoms with E-state index in [2.05, 4.69) is 99.0 Å². The summed E-state index contributed by atoms with van der Waals surface area (Å²) in [5.41, 5.74) is 0. The van der Waals surface area contributed by atoms with Crippen molar-refractivity contribution in [1.29, 1.82) is 0 Å². The third-order valence-electron chi connectivity index (χ3n) is 14.6. The van der Waals surface area contributed by atoms with E-state index in [-0.39, 0.29) is 31.5 Å². The lowest BCUT2D eigenvalue weighted by atomic mass is 10.0. The first kappa shape index (κ1) is 77.2. The van der Waals surface area contributed by atoms with Crippen LogP contribution in [-0.4, -0.2) is 74.3 Å². The number of esters is 1. The van der Waals surface area contributed by atoms with Crippen LogP contribution in [0.4, 0.5) is 0 Å². The van der Waals surface area contributed by atoms with E-state index in [1.165, 1.54) is 154 Å². The van der Waals surface area contributed by atoms with Gasteiger partial charge in [-0.2, -0.15) is 0 Å². The molecule has 3 unspecified atom stereocenters. The highest BCUT2D eigenvalue weighted by Crippen LogP contribution is 2.43. The van der Waals surface area contributed by atoms with Crippen LogP contribution >= 0.6 is 7.82 Å². The number of hydrogen-bond donors (Lipinski definition) is 2. The monoisotopic (exact) mass is 1140 g/mol. The zero-order chi connectivity index (χ0) is 58.6. The maximum Gasteiger partial charge on any atom is 0.472 e. The summed E-state index contributed by atoms with van der Waals surface area (Å²) in [5, 5.41) is 3.05. The number of phosphoric ester groups is 1. The lowest BCUT2D eigenvalue weighted by Gasteiger charge is -2.27. The highest BCUT2D eigenvalue weighted by Gasteiger charge is 2.30. The molecule has 0 aliphatic heterocycles. The predicted molar refractivity (Wildman–Crippen MR) is 346 cm³/mol. The Morgan fingerprint density at radius 1 is 0.450 bits per heavy atom. The van der Waals surface area contributed by atoms with Crippen LogP contribution in [0.2, 0.25) is 0 Å². The van der Waals surface area contributed by atoms with Gasteiger partial charge in [-0.15, -0.1) is 0 Å². The van der Waals surface area contributed by atoms with Gasteiger partial charge in [0.1, 0.15) is 19.3 Å². The summed E-state index contributed by atoms with van der Waals surface area (Å²) in [6.07, 6.45) is 78.7. The molecule has 0 rings (SSSR count). The molecule has 0 aromatic heterocycles. The van der Waals surface area contributed by atoms with E-state index in [1.54, 1.807) is 0 Å². The SMILES string of the molecule is CC/C=C\C/C=C\C/C=C\C/C=C\C/C=C\CCCCCCCCCCCCCC(=O)OC(/C=C\CCCCCCCCCCC)C(COP(=O)(O)OCC[N+](C)(C)C)NC(=O)CCCCCCC/C=C/CCCCCCCCC. The van der Waals surface area contributed by atoms with E-state index in [9.17, 15) is 19.0 Å². The molecule has 1 amide bonds. The van der Waals surface area contributed by atoms with E-state index in [0.29, 0.717) is 17.4 Å². The minimum atomic E-state index is -4.45. The zero-order valence-corrected chi connectivity index (χ0v) is 54.0. The number of hydrogen-bond acceptors (Lipinski definition) is 6. The molecule has 10 heteroatoms. The molecule has 2 N–H and O–H groups in total. The molecular formula is C70H128N2O7P+. The van der Waals surface area contributed by atoms with Gasteiger partial charge >= 0.3 is 13.8 Å². The summed E-state index contributed by atoms with van der Waals surface area (Å²) < 4.78 is 30.7. The molecule has 0 aliphatic rings. The summed E-state index contributed by atoms with van der Waals surface area (Å²) in [6.45, 7) is 6.90. The van der Waals surface area contributed by atoms with Gasteiger partial charge < -0.3 is 19.4 Å². The molecule has 0 spiro atoms. The largest absolute Gasteiger partial charge is 0.472 e. The molecule has 0 aromatic carbocycles. The maximum atomic E-state index is 13.5. The number of allylic oxidation sites excluding steroid dienone is 13. The number of likely N-dealkylation sites (N-methyl/N-ethyl adjacent to an activating group) is 1. The number of nitrogens with zero attached hydrogens (tertiary/aromatic N) is 1. The molecule has 0 radical (unpaired) electrons. The second kappa shape index (κ2) is 59.4. The number of amides is 1. The van der Waals surface area contributed by atoms with Crippen molar-refractivity contribution < 1.29 is 37.3 Å². The Bertz CT molecular complexity index is 1640. The standard InChI is InChI=1S/C70H127N2O7P/c1-7-10-13-16-19-22-25-27-29-31-32-33-34-35-36-37-38-39-40-41-43-45-48-51-54-57-60-63-70(74)79-68(61-58-55-52-49-46-24-21-18-15-12-9-3)67(66-78-80(75,76)77-65-64-72(4,5)6)71-69(73)62-59-56-53-50-47-44-42-30-28-26-23-20-17-14-11-8-2/h10,13,19,22,27,29-30,32-33,35-36,42,58,61,67-68H,7-9,11-12,14-18,20-21,23-26,28,31,34,37-41,43-57,59-60,62-66H2,1-6H3,(H-,71,73,75,76)/p+1/b13-10-,22-19-,29-27-,33-32-,36-35-,42-30+,61-58-. The van der Waals surface area contributed by atoms with Crippen molar-refractivity contribution in [3.63, 3.8) is 0 Å². The molecule has 0 saturated heterocycles. The van der Waals surface area contributed by atoms with Crippen LogP contribution in [0, 0.1) is 0 Å². The van der Waals surface area contributed by atoms with Crippen molar-refractivity contribution in [2.75, 3.05) is 40.9 Å². The van der Waals surface area contributed by atoms with Crippen LogP contribution in [0.15, 0.2) is 85.1 Å². The molecule has 0 bridgehead atoms. The van der Waals surface area contributed by atoms with Gasteiger partial charge in [-0.3, -0.25) is 18.6 Å². The summed E-state index contributed by atoms with van der Waals surface area (Å²) in [5.74, 6) is -0.515. The van der Waals surface area contributed by atoms with Gasteiger partial charge in [-0.1, -0.05) is 267 Å². The molecule has 9 nitrogen and oxygen atoms in total. The molecule has 0 heterocycles. The number of carbonyl (C=O) groups excluding carboxylic acids is 2. The highest BCUT2D eigenvalue weighted by atomic mass is 31.2. The molecule has 0 aromatic rings. The fraction of sp³-hybridized carbons (Fsp3) is 0.771. The van der Waals surface area contributed by atoms with Crippen molar-refractivity contribution in [2.45, 2.75) is 309 Å².